The lowest BCUT2D eigenvalue weighted by Crippen LogP contribution is -2.46. The zero-order valence-corrected chi connectivity index (χ0v) is 15.7. The van der Waals surface area contributed by atoms with Gasteiger partial charge in [-0.3, -0.25) is 9.59 Å². The Hall–Kier alpha value is -2.28. The summed E-state index contributed by atoms with van der Waals surface area (Å²) in [5.74, 6) is 0.984. The SMILES string of the molecule is CNC1CCN(C(=O)C2CC(=O)N(c3ccc(OC)cc3OC)C2)CC1. The van der Waals surface area contributed by atoms with Crippen LogP contribution < -0.4 is 19.7 Å². The summed E-state index contributed by atoms with van der Waals surface area (Å²) in [5, 5.41) is 3.27. The molecular formula is C19H27N3O4. The maximum Gasteiger partial charge on any atom is 0.228 e. The summed E-state index contributed by atoms with van der Waals surface area (Å²) in [7, 11) is 5.10. The molecule has 0 aromatic heterocycles. The third kappa shape index (κ3) is 3.62. The maximum absolute atomic E-state index is 12.8. The molecule has 0 aliphatic carbocycles. The van der Waals surface area contributed by atoms with Crippen molar-refractivity contribution in [3.05, 3.63) is 18.2 Å². The van der Waals surface area contributed by atoms with Crippen LogP contribution in [0.25, 0.3) is 0 Å². The first-order chi connectivity index (χ1) is 12.6. The molecule has 2 heterocycles. The molecule has 7 heteroatoms. The van der Waals surface area contributed by atoms with Crippen LogP contribution in [0.2, 0.25) is 0 Å². The smallest absolute Gasteiger partial charge is 0.228 e. The molecule has 2 amide bonds. The van der Waals surface area contributed by atoms with Crippen LogP contribution in [0.5, 0.6) is 11.5 Å². The van der Waals surface area contributed by atoms with Crippen molar-refractivity contribution in [2.24, 2.45) is 5.92 Å². The van der Waals surface area contributed by atoms with Crippen molar-refractivity contribution in [2.75, 3.05) is 45.8 Å². The van der Waals surface area contributed by atoms with Crippen molar-refractivity contribution < 1.29 is 19.1 Å². The number of carbonyl (C=O) groups is 2. The first kappa shape index (κ1) is 18.5. The number of piperidine rings is 1. The molecule has 2 aliphatic rings. The molecule has 142 valence electrons. The molecule has 3 rings (SSSR count). The van der Waals surface area contributed by atoms with Gasteiger partial charge in [-0.25, -0.2) is 0 Å². The minimum absolute atomic E-state index is 0.0445. The summed E-state index contributed by atoms with van der Waals surface area (Å²) in [5.41, 5.74) is 0.683. The number of benzene rings is 1. The van der Waals surface area contributed by atoms with E-state index in [0.717, 1.165) is 25.9 Å². The van der Waals surface area contributed by atoms with Crippen LogP contribution in [0.3, 0.4) is 0 Å². The number of rotatable bonds is 5. The number of hydrogen-bond acceptors (Lipinski definition) is 5. The van der Waals surface area contributed by atoms with Crippen LogP contribution in [0.1, 0.15) is 19.3 Å². The Labute approximate surface area is 154 Å². The summed E-state index contributed by atoms with van der Waals surface area (Å²) in [4.78, 5) is 29.0. The van der Waals surface area contributed by atoms with E-state index in [0.29, 0.717) is 29.8 Å². The lowest BCUT2D eigenvalue weighted by Gasteiger charge is -2.33. The monoisotopic (exact) mass is 361 g/mol. The number of nitrogens with one attached hydrogen (secondary N) is 1. The van der Waals surface area contributed by atoms with E-state index in [1.165, 1.54) is 0 Å². The lowest BCUT2D eigenvalue weighted by atomic mass is 10.0. The molecular weight excluding hydrogens is 334 g/mol. The summed E-state index contributed by atoms with van der Waals surface area (Å²) in [6, 6.07) is 5.83. The molecule has 1 N–H and O–H groups in total. The summed E-state index contributed by atoms with van der Waals surface area (Å²) in [6.45, 7) is 1.90. The predicted octanol–water partition coefficient (Wildman–Crippen LogP) is 1.27. The average molecular weight is 361 g/mol. The third-order valence-corrected chi connectivity index (χ3v) is 5.37. The van der Waals surface area contributed by atoms with Crippen LogP contribution in [-0.4, -0.2) is 63.7 Å². The zero-order valence-electron chi connectivity index (χ0n) is 15.7. The highest BCUT2D eigenvalue weighted by molar-refractivity contribution is 6.01. The van der Waals surface area contributed by atoms with Crippen molar-refractivity contribution in [1.82, 2.24) is 10.2 Å². The molecule has 1 atom stereocenters. The molecule has 1 unspecified atom stereocenters. The molecule has 7 nitrogen and oxygen atoms in total. The van der Waals surface area contributed by atoms with Crippen molar-refractivity contribution in [2.45, 2.75) is 25.3 Å². The van der Waals surface area contributed by atoms with E-state index in [4.69, 9.17) is 9.47 Å². The second-order valence-electron chi connectivity index (χ2n) is 6.83. The van der Waals surface area contributed by atoms with E-state index in [1.54, 1.807) is 37.3 Å². The fourth-order valence-electron chi connectivity index (χ4n) is 3.76. The van der Waals surface area contributed by atoms with Crippen molar-refractivity contribution in [3.63, 3.8) is 0 Å². The van der Waals surface area contributed by atoms with Crippen LogP contribution in [0, 0.1) is 5.92 Å². The van der Waals surface area contributed by atoms with Gasteiger partial charge >= 0.3 is 0 Å². The summed E-state index contributed by atoms with van der Waals surface area (Å²) >= 11 is 0. The molecule has 2 fully saturated rings. The van der Waals surface area contributed by atoms with E-state index in [-0.39, 0.29) is 24.2 Å². The number of nitrogens with zero attached hydrogens (tertiary/aromatic N) is 2. The van der Waals surface area contributed by atoms with E-state index in [2.05, 4.69) is 5.32 Å². The fraction of sp³-hybridized carbons (Fsp3) is 0.579. The minimum Gasteiger partial charge on any atom is -0.497 e. The Morgan fingerprint density at radius 3 is 2.54 bits per heavy atom. The standard InChI is InChI=1S/C19H27N3O4/c1-20-14-6-8-21(9-7-14)19(24)13-10-18(23)22(12-13)16-5-4-15(25-2)11-17(16)26-3/h4-5,11,13-14,20H,6-10,12H2,1-3H3. The Kier molecular flexibility index (Phi) is 5.66. The van der Waals surface area contributed by atoms with Gasteiger partial charge < -0.3 is 24.6 Å². The Balaban J connectivity index is 1.70. The number of likely N-dealkylation sites (tertiary alicyclic amines) is 1. The van der Waals surface area contributed by atoms with E-state index >= 15 is 0 Å². The highest BCUT2D eigenvalue weighted by Crippen LogP contribution is 2.36. The molecule has 0 radical (unpaired) electrons. The fourth-order valence-corrected chi connectivity index (χ4v) is 3.76. The van der Waals surface area contributed by atoms with Gasteiger partial charge in [-0.15, -0.1) is 0 Å². The summed E-state index contributed by atoms with van der Waals surface area (Å²) < 4.78 is 10.6. The third-order valence-electron chi connectivity index (χ3n) is 5.37. The van der Waals surface area contributed by atoms with Gasteiger partial charge in [-0.1, -0.05) is 0 Å². The van der Waals surface area contributed by atoms with E-state index < -0.39 is 0 Å². The number of methoxy groups -OCH3 is 2. The molecule has 26 heavy (non-hydrogen) atoms. The molecule has 1 aromatic rings. The van der Waals surface area contributed by atoms with Crippen LogP contribution in [0.4, 0.5) is 5.69 Å². The second kappa shape index (κ2) is 7.95. The normalized spacial score (nSPS) is 21.2. The minimum atomic E-state index is -0.291. The molecule has 0 spiro atoms. The van der Waals surface area contributed by atoms with Gasteiger partial charge in [-0.2, -0.15) is 0 Å². The van der Waals surface area contributed by atoms with Gasteiger partial charge in [0.15, 0.2) is 0 Å². The number of amides is 2. The molecule has 0 bridgehead atoms. The predicted molar refractivity (Wildman–Crippen MR) is 98.7 cm³/mol. The number of anilines is 1. The van der Waals surface area contributed by atoms with E-state index in [9.17, 15) is 9.59 Å². The first-order valence-electron chi connectivity index (χ1n) is 9.05. The molecule has 2 saturated heterocycles. The average Bonchev–Trinajstić information content (AvgIpc) is 3.08. The van der Waals surface area contributed by atoms with Crippen LogP contribution in [0.15, 0.2) is 18.2 Å². The number of ether oxygens (including phenoxy) is 2. The number of carbonyl (C=O) groups excluding carboxylic acids is 2. The van der Waals surface area contributed by atoms with Gasteiger partial charge in [0.2, 0.25) is 11.8 Å². The maximum atomic E-state index is 12.8. The quantitative estimate of drug-likeness (QED) is 0.855. The largest absolute Gasteiger partial charge is 0.497 e. The highest BCUT2D eigenvalue weighted by atomic mass is 16.5. The van der Waals surface area contributed by atoms with Gasteiger partial charge in [-0.05, 0) is 32.0 Å². The zero-order chi connectivity index (χ0) is 18.7. The van der Waals surface area contributed by atoms with Crippen molar-refractivity contribution >= 4 is 17.5 Å². The highest BCUT2D eigenvalue weighted by Gasteiger charge is 2.38. The Bertz CT molecular complexity index is 671. The lowest BCUT2D eigenvalue weighted by molar-refractivity contribution is -0.136. The van der Waals surface area contributed by atoms with Gasteiger partial charge in [0.05, 0.1) is 25.8 Å². The van der Waals surface area contributed by atoms with Crippen LogP contribution >= 0.6 is 0 Å². The molecule has 2 aliphatic heterocycles. The Morgan fingerprint density at radius 2 is 1.92 bits per heavy atom. The first-order valence-corrected chi connectivity index (χ1v) is 9.05. The van der Waals surface area contributed by atoms with Gasteiger partial charge in [0.25, 0.3) is 0 Å². The summed E-state index contributed by atoms with van der Waals surface area (Å²) in [6.07, 6.45) is 2.16. The number of hydrogen-bond donors (Lipinski definition) is 1. The van der Waals surface area contributed by atoms with Gasteiger partial charge in [0, 0.05) is 38.2 Å². The van der Waals surface area contributed by atoms with Crippen molar-refractivity contribution in [3.8, 4) is 11.5 Å². The molecule has 0 saturated carbocycles. The second-order valence-corrected chi connectivity index (χ2v) is 6.83. The van der Waals surface area contributed by atoms with E-state index in [1.807, 2.05) is 11.9 Å². The topological polar surface area (TPSA) is 71.1 Å². The van der Waals surface area contributed by atoms with Gasteiger partial charge in [0.1, 0.15) is 11.5 Å². The Morgan fingerprint density at radius 1 is 1.19 bits per heavy atom. The molecule has 1 aromatic carbocycles. The van der Waals surface area contributed by atoms with Crippen molar-refractivity contribution in [1.29, 1.82) is 0 Å². The van der Waals surface area contributed by atoms with Crippen LogP contribution in [-0.2, 0) is 9.59 Å².